The van der Waals surface area contributed by atoms with Crippen molar-refractivity contribution in [2.45, 2.75) is 32.7 Å². The van der Waals surface area contributed by atoms with E-state index < -0.39 is 0 Å². The summed E-state index contributed by atoms with van der Waals surface area (Å²) in [5, 5.41) is 7.46. The zero-order valence-electron chi connectivity index (χ0n) is 17.1. The molecule has 29 heavy (non-hydrogen) atoms. The monoisotopic (exact) mass is 388 g/mol. The van der Waals surface area contributed by atoms with Crippen molar-refractivity contribution in [2.24, 2.45) is 0 Å². The van der Waals surface area contributed by atoms with Crippen LogP contribution in [-0.4, -0.2) is 40.2 Å². The molecule has 3 aromatic rings. The first-order chi connectivity index (χ1) is 14.1. The second-order valence-electron chi connectivity index (χ2n) is 7.89. The molecule has 1 aromatic heterocycles. The van der Waals surface area contributed by atoms with Gasteiger partial charge in [-0.3, -0.25) is 9.69 Å². The van der Waals surface area contributed by atoms with E-state index in [1.807, 2.05) is 48.3 Å². The van der Waals surface area contributed by atoms with Crippen molar-refractivity contribution in [3.8, 4) is 5.69 Å². The molecule has 1 atom stereocenters. The second-order valence-corrected chi connectivity index (χ2v) is 7.89. The Hall–Kier alpha value is -2.92. The van der Waals surface area contributed by atoms with Gasteiger partial charge >= 0.3 is 0 Å². The number of likely N-dealkylation sites (tertiary alicyclic amines) is 1. The van der Waals surface area contributed by atoms with E-state index in [1.54, 1.807) is 0 Å². The fourth-order valence-electron chi connectivity index (χ4n) is 3.91. The topological polar surface area (TPSA) is 50.2 Å². The van der Waals surface area contributed by atoms with Crippen LogP contribution in [0.4, 0.5) is 0 Å². The number of nitrogens with zero attached hydrogens (tertiary/aromatic N) is 3. The number of nitrogens with one attached hydrogen (secondary N) is 1. The highest BCUT2D eigenvalue weighted by molar-refractivity contribution is 5.94. The van der Waals surface area contributed by atoms with Crippen molar-refractivity contribution >= 4 is 5.91 Å². The predicted octanol–water partition coefficient (Wildman–Crippen LogP) is 4.06. The maximum Gasteiger partial charge on any atom is 0.251 e. The van der Waals surface area contributed by atoms with Crippen LogP contribution in [0.3, 0.4) is 0 Å². The van der Waals surface area contributed by atoms with Gasteiger partial charge in [0, 0.05) is 18.3 Å². The molecule has 0 aliphatic carbocycles. The lowest BCUT2D eigenvalue weighted by atomic mass is 10.0. The third-order valence-corrected chi connectivity index (χ3v) is 5.61. The molecule has 4 rings (SSSR count). The molecule has 2 heterocycles. The van der Waals surface area contributed by atoms with Crippen LogP contribution in [0, 0.1) is 13.8 Å². The van der Waals surface area contributed by atoms with Gasteiger partial charge in [-0.05, 0) is 75.2 Å². The highest BCUT2D eigenvalue weighted by atomic mass is 16.1. The molecule has 1 N–H and O–H groups in total. The Morgan fingerprint density at radius 3 is 2.31 bits per heavy atom. The van der Waals surface area contributed by atoms with Crippen molar-refractivity contribution < 1.29 is 4.79 Å². The van der Waals surface area contributed by atoms with Crippen LogP contribution in [0.15, 0.2) is 60.9 Å². The molecule has 0 radical (unpaired) electrons. The summed E-state index contributed by atoms with van der Waals surface area (Å²) in [6.07, 6.45) is 6.25. The van der Waals surface area contributed by atoms with Gasteiger partial charge in [-0.1, -0.05) is 29.8 Å². The molecule has 5 nitrogen and oxygen atoms in total. The average molecular weight is 389 g/mol. The molecule has 0 bridgehead atoms. The number of aromatic nitrogens is 2. The summed E-state index contributed by atoms with van der Waals surface area (Å²) in [6, 6.07) is 16.5. The number of rotatable bonds is 6. The summed E-state index contributed by atoms with van der Waals surface area (Å²) in [5.41, 5.74) is 5.24. The van der Waals surface area contributed by atoms with E-state index in [1.165, 1.54) is 24.0 Å². The average Bonchev–Trinajstić information content (AvgIpc) is 3.41. The standard InChI is InChI=1S/C24H28N4O/c1-18-5-7-20(8-6-18)23(27-13-3-4-14-27)16-25-24(29)21-9-11-22(12-10-21)28-17-19(2)15-26-28/h5-12,15,17,23H,3-4,13-14,16H2,1-2H3,(H,25,29). The van der Waals surface area contributed by atoms with E-state index in [0.717, 1.165) is 24.3 Å². The van der Waals surface area contributed by atoms with Gasteiger partial charge < -0.3 is 5.32 Å². The van der Waals surface area contributed by atoms with E-state index in [0.29, 0.717) is 12.1 Å². The number of hydrogen-bond acceptors (Lipinski definition) is 3. The van der Waals surface area contributed by atoms with Gasteiger partial charge in [-0.15, -0.1) is 0 Å². The normalized spacial score (nSPS) is 15.4. The van der Waals surface area contributed by atoms with E-state index in [-0.39, 0.29) is 11.9 Å². The molecule has 1 unspecified atom stereocenters. The van der Waals surface area contributed by atoms with Gasteiger partial charge in [-0.25, -0.2) is 4.68 Å². The van der Waals surface area contributed by atoms with Crippen LogP contribution in [0.5, 0.6) is 0 Å². The van der Waals surface area contributed by atoms with E-state index in [2.05, 4.69) is 46.5 Å². The number of amides is 1. The first kappa shape index (κ1) is 19.4. The van der Waals surface area contributed by atoms with Crippen LogP contribution in [-0.2, 0) is 0 Å². The summed E-state index contributed by atoms with van der Waals surface area (Å²) < 4.78 is 1.82. The van der Waals surface area contributed by atoms with Crippen molar-refractivity contribution in [2.75, 3.05) is 19.6 Å². The Balaban J connectivity index is 1.44. The Morgan fingerprint density at radius 1 is 1.00 bits per heavy atom. The first-order valence-corrected chi connectivity index (χ1v) is 10.3. The Morgan fingerprint density at radius 2 is 1.69 bits per heavy atom. The Labute approximate surface area is 172 Å². The van der Waals surface area contributed by atoms with E-state index in [9.17, 15) is 4.79 Å². The third kappa shape index (κ3) is 4.57. The predicted molar refractivity (Wildman–Crippen MR) is 115 cm³/mol. The lowest BCUT2D eigenvalue weighted by molar-refractivity contribution is 0.0938. The van der Waals surface area contributed by atoms with Crippen molar-refractivity contribution in [3.05, 3.63) is 83.2 Å². The summed E-state index contributed by atoms with van der Waals surface area (Å²) in [5.74, 6) is -0.0375. The van der Waals surface area contributed by atoms with Gasteiger partial charge in [0.15, 0.2) is 0 Å². The quantitative estimate of drug-likeness (QED) is 0.693. The molecule has 150 valence electrons. The summed E-state index contributed by atoms with van der Waals surface area (Å²) in [6.45, 7) is 6.90. The SMILES string of the molecule is Cc1ccc(C(CNC(=O)c2ccc(-n3cc(C)cn3)cc2)N2CCCC2)cc1. The minimum Gasteiger partial charge on any atom is -0.350 e. The number of carbonyl (C=O) groups is 1. The van der Waals surface area contributed by atoms with E-state index >= 15 is 0 Å². The van der Waals surface area contributed by atoms with E-state index in [4.69, 9.17) is 0 Å². The van der Waals surface area contributed by atoms with Crippen LogP contribution >= 0.6 is 0 Å². The maximum atomic E-state index is 12.7. The molecule has 1 amide bonds. The van der Waals surface area contributed by atoms with Gasteiger partial charge in [0.2, 0.25) is 0 Å². The lowest BCUT2D eigenvalue weighted by Gasteiger charge is -2.28. The van der Waals surface area contributed by atoms with Crippen molar-refractivity contribution in [1.82, 2.24) is 20.0 Å². The molecule has 1 fully saturated rings. The third-order valence-electron chi connectivity index (χ3n) is 5.61. The largest absolute Gasteiger partial charge is 0.350 e. The zero-order chi connectivity index (χ0) is 20.2. The van der Waals surface area contributed by atoms with Crippen LogP contribution in [0.25, 0.3) is 5.69 Å². The lowest BCUT2D eigenvalue weighted by Crippen LogP contribution is -2.36. The minimum atomic E-state index is -0.0375. The smallest absolute Gasteiger partial charge is 0.251 e. The van der Waals surface area contributed by atoms with Crippen molar-refractivity contribution in [3.63, 3.8) is 0 Å². The molecule has 0 saturated carbocycles. The molecule has 1 aliphatic rings. The van der Waals surface area contributed by atoms with Crippen molar-refractivity contribution in [1.29, 1.82) is 0 Å². The molecule has 1 saturated heterocycles. The highest BCUT2D eigenvalue weighted by Gasteiger charge is 2.24. The Kier molecular flexibility index (Phi) is 5.76. The van der Waals surface area contributed by atoms with Gasteiger partial charge in [-0.2, -0.15) is 5.10 Å². The zero-order valence-corrected chi connectivity index (χ0v) is 17.1. The van der Waals surface area contributed by atoms with Crippen LogP contribution < -0.4 is 5.32 Å². The Bertz CT molecular complexity index is 953. The molecule has 5 heteroatoms. The summed E-state index contributed by atoms with van der Waals surface area (Å²) in [4.78, 5) is 15.2. The highest BCUT2D eigenvalue weighted by Crippen LogP contribution is 2.25. The molecule has 0 spiro atoms. The second kappa shape index (κ2) is 8.62. The summed E-state index contributed by atoms with van der Waals surface area (Å²) >= 11 is 0. The molecule has 1 aliphatic heterocycles. The number of aryl methyl sites for hydroxylation is 2. The molecular weight excluding hydrogens is 360 g/mol. The molecule has 2 aromatic carbocycles. The number of carbonyl (C=O) groups excluding carboxylic acids is 1. The first-order valence-electron chi connectivity index (χ1n) is 10.3. The minimum absolute atomic E-state index is 0.0375. The fraction of sp³-hybridized carbons (Fsp3) is 0.333. The van der Waals surface area contributed by atoms with Crippen LogP contribution in [0.2, 0.25) is 0 Å². The number of hydrogen-bond donors (Lipinski definition) is 1. The number of benzene rings is 2. The van der Waals surface area contributed by atoms with Crippen LogP contribution in [0.1, 0.15) is 45.9 Å². The van der Waals surface area contributed by atoms with Gasteiger partial charge in [0.25, 0.3) is 5.91 Å². The summed E-state index contributed by atoms with van der Waals surface area (Å²) in [7, 11) is 0. The van der Waals surface area contributed by atoms with Gasteiger partial charge in [0.05, 0.1) is 17.9 Å². The maximum absolute atomic E-state index is 12.7. The fourth-order valence-corrected chi connectivity index (χ4v) is 3.91. The molecular formula is C24H28N4O. The van der Waals surface area contributed by atoms with Gasteiger partial charge in [0.1, 0.15) is 0 Å².